The number of ether oxygens (including phenoxy) is 1. The summed E-state index contributed by atoms with van der Waals surface area (Å²) in [6.07, 6.45) is 3.49. The van der Waals surface area contributed by atoms with E-state index in [1.165, 1.54) is 0 Å². The molecule has 3 fully saturated rings. The van der Waals surface area contributed by atoms with E-state index in [2.05, 4.69) is 16.8 Å². The van der Waals surface area contributed by atoms with Crippen molar-refractivity contribution in [3.63, 3.8) is 0 Å². The second kappa shape index (κ2) is 7.92. The Balaban J connectivity index is 1.50. The van der Waals surface area contributed by atoms with E-state index in [1.54, 1.807) is 0 Å². The minimum Gasteiger partial charge on any atom is -0.393 e. The van der Waals surface area contributed by atoms with Gasteiger partial charge in [-0.1, -0.05) is 6.42 Å². The first-order valence-electron chi connectivity index (χ1n) is 9.11. The number of hydrogen-bond donors (Lipinski definition) is 1. The number of nitrogens with zero attached hydrogens (tertiary/aromatic N) is 3. The Kier molecular flexibility index (Phi) is 5.91. The van der Waals surface area contributed by atoms with E-state index >= 15 is 0 Å². The number of aliphatic hydroxyl groups is 1. The highest BCUT2D eigenvalue weighted by Crippen LogP contribution is 2.32. The predicted octanol–water partition coefficient (Wildman–Crippen LogP) is 0.0123. The molecular formula is C17H31N3O3. The lowest BCUT2D eigenvalue weighted by atomic mass is 9.94. The minimum atomic E-state index is -0.197. The van der Waals surface area contributed by atoms with Crippen LogP contribution < -0.4 is 0 Å². The van der Waals surface area contributed by atoms with Crippen LogP contribution in [0.3, 0.4) is 0 Å². The van der Waals surface area contributed by atoms with E-state index in [0.29, 0.717) is 18.9 Å². The predicted molar refractivity (Wildman–Crippen MR) is 88.2 cm³/mol. The molecule has 0 bridgehead atoms. The Bertz CT molecular complexity index is 399. The zero-order valence-corrected chi connectivity index (χ0v) is 14.3. The van der Waals surface area contributed by atoms with Crippen LogP contribution in [0.5, 0.6) is 0 Å². The average molecular weight is 325 g/mol. The molecule has 132 valence electrons. The maximum atomic E-state index is 12.4. The third-order valence-corrected chi connectivity index (χ3v) is 5.78. The van der Waals surface area contributed by atoms with Gasteiger partial charge in [0.2, 0.25) is 5.91 Å². The lowest BCUT2D eigenvalue weighted by molar-refractivity contribution is -0.134. The molecule has 3 aliphatic rings. The molecule has 2 saturated heterocycles. The molecule has 1 saturated carbocycles. The number of aliphatic hydroxyl groups excluding tert-OH is 1. The largest absolute Gasteiger partial charge is 0.393 e. The molecule has 2 heterocycles. The van der Waals surface area contributed by atoms with Gasteiger partial charge in [0.15, 0.2) is 0 Å². The maximum absolute atomic E-state index is 12.4. The van der Waals surface area contributed by atoms with E-state index in [1.807, 2.05) is 4.90 Å². The lowest BCUT2D eigenvalue weighted by Crippen LogP contribution is -2.52. The number of morpholine rings is 1. The van der Waals surface area contributed by atoms with Crippen LogP contribution in [0.15, 0.2) is 0 Å². The van der Waals surface area contributed by atoms with Crippen LogP contribution in [0, 0.1) is 5.92 Å². The van der Waals surface area contributed by atoms with Gasteiger partial charge in [-0.05, 0) is 19.9 Å². The minimum absolute atomic E-state index is 0.197. The molecule has 6 nitrogen and oxygen atoms in total. The van der Waals surface area contributed by atoms with Crippen molar-refractivity contribution in [3.8, 4) is 0 Å². The summed E-state index contributed by atoms with van der Waals surface area (Å²) < 4.78 is 5.65. The van der Waals surface area contributed by atoms with Crippen LogP contribution in [-0.4, -0.2) is 97.4 Å². The summed E-state index contributed by atoms with van der Waals surface area (Å²) in [6.45, 7) is 6.76. The van der Waals surface area contributed by atoms with Gasteiger partial charge in [0.05, 0.1) is 19.3 Å². The molecule has 3 atom stereocenters. The van der Waals surface area contributed by atoms with Gasteiger partial charge >= 0.3 is 0 Å². The summed E-state index contributed by atoms with van der Waals surface area (Å²) in [7, 11) is 2.10. The molecule has 2 aliphatic heterocycles. The van der Waals surface area contributed by atoms with E-state index in [0.717, 1.165) is 65.1 Å². The summed E-state index contributed by atoms with van der Waals surface area (Å²) in [5, 5.41) is 10.2. The van der Waals surface area contributed by atoms with Crippen LogP contribution in [0.25, 0.3) is 0 Å². The van der Waals surface area contributed by atoms with Crippen molar-refractivity contribution in [2.75, 3.05) is 59.5 Å². The quantitative estimate of drug-likeness (QED) is 0.789. The summed E-state index contributed by atoms with van der Waals surface area (Å²) in [5.41, 5.74) is 0. The van der Waals surface area contributed by atoms with Gasteiger partial charge in [0.25, 0.3) is 0 Å². The van der Waals surface area contributed by atoms with Crippen LogP contribution in [0.1, 0.15) is 25.7 Å². The molecule has 1 amide bonds. The van der Waals surface area contributed by atoms with Crippen molar-refractivity contribution in [3.05, 3.63) is 0 Å². The highest BCUT2D eigenvalue weighted by Gasteiger charge is 2.37. The second-order valence-corrected chi connectivity index (χ2v) is 7.27. The molecule has 0 unspecified atom stereocenters. The summed E-state index contributed by atoms with van der Waals surface area (Å²) in [4.78, 5) is 19.1. The summed E-state index contributed by atoms with van der Waals surface area (Å²) in [6, 6.07) is 0.279. The summed E-state index contributed by atoms with van der Waals surface area (Å²) >= 11 is 0. The first-order valence-corrected chi connectivity index (χ1v) is 9.11. The third-order valence-electron chi connectivity index (χ3n) is 5.78. The van der Waals surface area contributed by atoms with Gasteiger partial charge < -0.3 is 19.6 Å². The SMILES string of the molecule is CN1CCN(C(=O)CCN2CCOC[C@@H]2[C@H]2CCC[C@@H]2O)CC1. The fraction of sp³-hybridized carbons (Fsp3) is 0.941. The van der Waals surface area contributed by atoms with Crippen LogP contribution in [-0.2, 0) is 9.53 Å². The van der Waals surface area contributed by atoms with Gasteiger partial charge in [-0.2, -0.15) is 0 Å². The number of carbonyl (C=O) groups excluding carboxylic acids is 1. The molecule has 0 spiro atoms. The highest BCUT2D eigenvalue weighted by atomic mass is 16.5. The number of carbonyl (C=O) groups is 1. The number of hydrogen-bond acceptors (Lipinski definition) is 5. The van der Waals surface area contributed by atoms with E-state index < -0.39 is 0 Å². The Morgan fingerprint density at radius 1 is 1.17 bits per heavy atom. The molecule has 23 heavy (non-hydrogen) atoms. The number of likely N-dealkylation sites (N-methyl/N-ethyl adjacent to an activating group) is 1. The Labute approximate surface area is 139 Å². The van der Waals surface area contributed by atoms with Crippen molar-refractivity contribution in [2.24, 2.45) is 5.92 Å². The maximum Gasteiger partial charge on any atom is 0.223 e. The van der Waals surface area contributed by atoms with Gasteiger partial charge in [-0.15, -0.1) is 0 Å². The van der Waals surface area contributed by atoms with Gasteiger partial charge in [0.1, 0.15) is 0 Å². The highest BCUT2D eigenvalue weighted by molar-refractivity contribution is 5.76. The van der Waals surface area contributed by atoms with Crippen molar-refractivity contribution >= 4 is 5.91 Å². The average Bonchev–Trinajstić information content (AvgIpc) is 2.99. The summed E-state index contributed by atoms with van der Waals surface area (Å²) in [5.74, 6) is 0.587. The van der Waals surface area contributed by atoms with Crippen molar-refractivity contribution in [2.45, 2.75) is 37.8 Å². The lowest BCUT2D eigenvalue weighted by Gasteiger charge is -2.40. The molecule has 0 aromatic carbocycles. The standard InChI is InChI=1S/C17H31N3O3/c1-18-7-9-20(10-8-18)17(22)5-6-19-11-12-23-13-15(19)14-3-2-4-16(14)21/h14-16,21H,2-13H2,1H3/t14-,15-,16+/m1/s1. The van der Waals surface area contributed by atoms with Gasteiger partial charge in [0, 0.05) is 57.6 Å². The zero-order valence-electron chi connectivity index (χ0n) is 14.3. The first kappa shape index (κ1) is 17.1. The molecule has 0 radical (unpaired) electrons. The molecular weight excluding hydrogens is 294 g/mol. The molecule has 6 heteroatoms. The molecule has 0 aromatic rings. The van der Waals surface area contributed by atoms with E-state index in [-0.39, 0.29) is 18.1 Å². The van der Waals surface area contributed by atoms with Crippen LogP contribution in [0.2, 0.25) is 0 Å². The van der Waals surface area contributed by atoms with Gasteiger partial charge in [-0.25, -0.2) is 0 Å². The first-order chi connectivity index (χ1) is 11.1. The van der Waals surface area contributed by atoms with Crippen LogP contribution >= 0.6 is 0 Å². The van der Waals surface area contributed by atoms with Gasteiger partial charge in [-0.3, -0.25) is 9.69 Å². The molecule has 3 rings (SSSR count). The van der Waals surface area contributed by atoms with E-state index in [9.17, 15) is 9.90 Å². The fourth-order valence-electron chi connectivity index (χ4n) is 4.20. The smallest absolute Gasteiger partial charge is 0.223 e. The molecule has 0 aromatic heterocycles. The molecule has 1 aliphatic carbocycles. The Morgan fingerprint density at radius 3 is 2.65 bits per heavy atom. The Morgan fingerprint density at radius 2 is 1.96 bits per heavy atom. The van der Waals surface area contributed by atoms with E-state index in [4.69, 9.17) is 4.74 Å². The van der Waals surface area contributed by atoms with Crippen molar-refractivity contribution in [1.82, 2.24) is 14.7 Å². The van der Waals surface area contributed by atoms with Crippen molar-refractivity contribution < 1.29 is 14.6 Å². The van der Waals surface area contributed by atoms with Crippen molar-refractivity contribution in [1.29, 1.82) is 0 Å². The van der Waals surface area contributed by atoms with Crippen LogP contribution in [0.4, 0.5) is 0 Å². The second-order valence-electron chi connectivity index (χ2n) is 7.27. The molecule has 1 N–H and O–H groups in total. The monoisotopic (exact) mass is 325 g/mol. The third kappa shape index (κ3) is 4.24. The Hall–Kier alpha value is -0.690. The fourth-order valence-corrected chi connectivity index (χ4v) is 4.20. The normalized spacial score (nSPS) is 34.0. The zero-order chi connectivity index (χ0) is 16.2. The number of rotatable bonds is 4. The number of piperazine rings is 1. The topological polar surface area (TPSA) is 56.2 Å². The number of amides is 1.